The van der Waals surface area contributed by atoms with Crippen molar-refractivity contribution in [2.45, 2.75) is 32.6 Å². The van der Waals surface area contributed by atoms with Gasteiger partial charge in [0.25, 0.3) is 5.89 Å². The van der Waals surface area contributed by atoms with Crippen LogP contribution in [-0.2, 0) is 4.79 Å². The molecule has 0 aliphatic carbocycles. The second-order valence-electron chi connectivity index (χ2n) is 8.20. The zero-order valence-corrected chi connectivity index (χ0v) is 18.7. The average Bonchev–Trinajstić information content (AvgIpc) is 3.31. The third-order valence-corrected chi connectivity index (χ3v) is 5.90. The van der Waals surface area contributed by atoms with Gasteiger partial charge in [-0.05, 0) is 60.2 Å². The molecule has 2 N–H and O–H groups in total. The largest absolute Gasteiger partial charge is 0.481 e. The van der Waals surface area contributed by atoms with Crippen molar-refractivity contribution in [3.63, 3.8) is 0 Å². The molecule has 0 aliphatic heterocycles. The molecule has 0 aliphatic rings. The average molecular weight is 443 g/mol. The van der Waals surface area contributed by atoms with E-state index < -0.39 is 5.97 Å². The van der Waals surface area contributed by atoms with E-state index in [2.05, 4.69) is 48.3 Å². The highest BCUT2D eigenvalue weighted by atomic mass is 16.5. The van der Waals surface area contributed by atoms with Gasteiger partial charge in [0.1, 0.15) is 0 Å². The summed E-state index contributed by atoms with van der Waals surface area (Å²) in [5, 5.41) is 22.6. The minimum Gasteiger partial charge on any atom is -0.481 e. The Morgan fingerprint density at radius 1 is 0.939 bits per heavy atom. The predicted molar refractivity (Wildman–Crippen MR) is 127 cm³/mol. The summed E-state index contributed by atoms with van der Waals surface area (Å²) < 4.78 is 5.53. The SMILES string of the molecule is Cc1ccccc1-c1ccc(-c2nc(-c3ccc(C(CO)CCC(=O)O)cc3)no2)cc1C. The Morgan fingerprint density at radius 3 is 2.30 bits per heavy atom. The van der Waals surface area contributed by atoms with Crippen LogP contribution in [0, 0.1) is 13.8 Å². The van der Waals surface area contributed by atoms with Crippen molar-refractivity contribution in [2.75, 3.05) is 6.61 Å². The van der Waals surface area contributed by atoms with Crippen molar-refractivity contribution in [3.05, 3.63) is 83.4 Å². The van der Waals surface area contributed by atoms with Crippen LogP contribution in [0.1, 0.15) is 35.4 Å². The quantitative estimate of drug-likeness (QED) is 0.367. The van der Waals surface area contributed by atoms with Crippen LogP contribution in [0.15, 0.2) is 71.3 Å². The first-order valence-electron chi connectivity index (χ1n) is 10.9. The first kappa shape index (κ1) is 22.4. The molecule has 1 unspecified atom stereocenters. The lowest BCUT2D eigenvalue weighted by Gasteiger charge is -2.13. The van der Waals surface area contributed by atoms with E-state index in [0.717, 1.165) is 22.3 Å². The van der Waals surface area contributed by atoms with Gasteiger partial charge in [0.15, 0.2) is 0 Å². The van der Waals surface area contributed by atoms with Crippen LogP contribution in [-0.4, -0.2) is 32.9 Å². The van der Waals surface area contributed by atoms with Crippen LogP contribution in [0.4, 0.5) is 0 Å². The van der Waals surface area contributed by atoms with Crippen LogP contribution in [0.3, 0.4) is 0 Å². The van der Waals surface area contributed by atoms with Crippen LogP contribution < -0.4 is 0 Å². The Hall–Kier alpha value is -3.77. The monoisotopic (exact) mass is 442 g/mol. The number of rotatable bonds is 8. The number of aliphatic hydroxyl groups is 1. The molecule has 6 heteroatoms. The number of aliphatic carboxylic acids is 1. The first-order valence-corrected chi connectivity index (χ1v) is 10.9. The fourth-order valence-electron chi connectivity index (χ4n) is 4.00. The summed E-state index contributed by atoms with van der Waals surface area (Å²) >= 11 is 0. The molecule has 0 amide bonds. The van der Waals surface area contributed by atoms with Gasteiger partial charge in [0.05, 0.1) is 0 Å². The van der Waals surface area contributed by atoms with Gasteiger partial charge in [-0.3, -0.25) is 4.79 Å². The number of benzene rings is 3. The van der Waals surface area contributed by atoms with Gasteiger partial charge in [-0.15, -0.1) is 0 Å². The van der Waals surface area contributed by atoms with Gasteiger partial charge in [-0.25, -0.2) is 0 Å². The first-order chi connectivity index (χ1) is 16.0. The number of aliphatic hydroxyl groups excluding tert-OH is 1. The summed E-state index contributed by atoms with van der Waals surface area (Å²) in [4.78, 5) is 15.4. The summed E-state index contributed by atoms with van der Waals surface area (Å²) in [7, 11) is 0. The zero-order chi connectivity index (χ0) is 23.4. The van der Waals surface area contributed by atoms with Gasteiger partial charge < -0.3 is 14.7 Å². The maximum absolute atomic E-state index is 10.8. The van der Waals surface area contributed by atoms with Crippen molar-refractivity contribution >= 4 is 5.97 Å². The van der Waals surface area contributed by atoms with Gasteiger partial charge in [-0.1, -0.05) is 59.8 Å². The van der Waals surface area contributed by atoms with E-state index in [1.807, 2.05) is 42.5 Å². The summed E-state index contributed by atoms with van der Waals surface area (Å²) in [6.45, 7) is 4.08. The molecule has 0 radical (unpaired) electrons. The molecule has 3 aromatic carbocycles. The van der Waals surface area contributed by atoms with Crippen LogP contribution in [0.5, 0.6) is 0 Å². The van der Waals surface area contributed by atoms with E-state index in [0.29, 0.717) is 18.1 Å². The van der Waals surface area contributed by atoms with Crippen molar-refractivity contribution in [2.24, 2.45) is 0 Å². The number of carbonyl (C=O) groups is 1. The number of nitrogens with zero attached hydrogens (tertiary/aromatic N) is 2. The number of aromatic nitrogens is 2. The lowest BCUT2D eigenvalue weighted by Crippen LogP contribution is -2.07. The molecule has 6 nitrogen and oxygen atoms in total. The summed E-state index contributed by atoms with van der Waals surface area (Å²) in [6, 6.07) is 21.9. The highest BCUT2D eigenvalue weighted by Crippen LogP contribution is 2.31. The van der Waals surface area contributed by atoms with Crippen LogP contribution >= 0.6 is 0 Å². The van der Waals surface area contributed by atoms with E-state index in [1.54, 1.807) is 0 Å². The third kappa shape index (κ3) is 5.02. The third-order valence-electron chi connectivity index (χ3n) is 5.90. The molecule has 1 aromatic heterocycles. The molecular weight excluding hydrogens is 416 g/mol. The summed E-state index contributed by atoms with van der Waals surface area (Å²) in [5.41, 5.74) is 7.26. The molecule has 4 rings (SSSR count). The minimum atomic E-state index is -0.869. The van der Waals surface area contributed by atoms with Crippen molar-refractivity contribution < 1.29 is 19.5 Å². The maximum atomic E-state index is 10.8. The van der Waals surface area contributed by atoms with Gasteiger partial charge in [0, 0.05) is 30.1 Å². The van der Waals surface area contributed by atoms with Gasteiger partial charge >= 0.3 is 5.97 Å². The number of hydrogen-bond acceptors (Lipinski definition) is 5. The fourth-order valence-corrected chi connectivity index (χ4v) is 4.00. The Kier molecular flexibility index (Phi) is 6.66. The maximum Gasteiger partial charge on any atom is 0.303 e. The van der Waals surface area contributed by atoms with Crippen molar-refractivity contribution in [3.8, 4) is 34.0 Å². The Morgan fingerprint density at radius 2 is 1.64 bits per heavy atom. The Bertz CT molecular complexity index is 1260. The van der Waals surface area contributed by atoms with Crippen LogP contribution in [0.25, 0.3) is 34.0 Å². The highest BCUT2D eigenvalue weighted by Gasteiger charge is 2.15. The lowest BCUT2D eigenvalue weighted by atomic mass is 9.94. The number of aryl methyl sites for hydroxylation is 2. The molecule has 0 fully saturated rings. The molecule has 0 spiro atoms. The second kappa shape index (κ2) is 9.79. The molecule has 4 aromatic rings. The van der Waals surface area contributed by atoms with E-state index >= 15 is 0 Å². The number of carboxylic acid groups (broad SMARTS) is 1. The molecule has 1 heterocycles. The topological polar surface area (TPSA) is 96.5 Å². The van der Waals surface area contributed by atoms with Crippen molar-refractivity contribution in [1.29, 1.82) is 0 Å². The standard InChI is InChI=1S/C27H26N2O4/c1-17-5-3-4-6-23(17)24-13-11-21(15-18(24)2)27-28-26(29-33-27)20-9-7-19(8-10-20)22(16-30)12-14-25(31)32/h3-11,13,15,22,30H,12,14,16H2,1-2H3,(H,31,32). The van der Waals surface area contributed by atoms with Gasteiger partial charge in [-0.2, -0.15) is 4.98 Å². The Balaban J connectivity index is 1.54. The number of hydrogen-bond donors (Lipinski definition) is 2. The smallest absolute Gasteiger partial charge is 0.303 e. The normalized spacial score (nSPS) is 12.0. The Labute approximate surface area is 192 Å². The fraction of sp³-hybridized carbons (Fsp3) is 0.222. The molecule has 33 heavy (non-hydrogen) atoms. The summed E-state index contributed by atoms with van der Waals surface area (Å²) in [5.74, 6) is -0.163. The van der Waals surface area contributed by atoms with E-state index in [4.69, 9.17) is 9.63 Å². The molecule has 0 saturated heterocycles. The minimum absolute atomic E-state index is 0.0171. The summed E-state index contributed by atoms with van der Waals surface area (Å²) in [6.07, 6.45) is 0.401. The molecular formula is C27H26N2O4. The van der Waals surface area contributed by atoms with E-state index in [1.165, 1.54) is 16.7 Å². The van der Waals surface area contributed by atoms with Gasteiger partial charge in [0.2, 0.25) is 5.82 Å². The molecule has 168 valence electrons. The van der Waals surface area contributed by atoms with Crippen LogP contribution in [0.2, 0.25) is 0 Å². The number of carboxylic acids is 1. The highest BCUT2D eigenvalue weighted by molar-refractivity contribution is 5.73. The lowest BCUT2D eigenvalue weighted by molar-refractivity contribution is -0.137. The molecule has 0 saturated carbocycles. The van der Waals surface area contributed by atoms with Crippen molar-refractivity contribution in [1.82, 2.24) is 10.1 Å². The second-order valence-corrected chi connectivity index (χ2v) is 8.20. The molecule has 1 atom stereocenters. The molecule has 0 bridgehead atoms. The van der Waals surface area contributed by atoms with E-state index in [-0.39, 0.29) is 18.9 Å². The van der Waals surface area contributed by atoms with E-state index in [9.17, 15) is 9.90 Å². The predicted octanol–water partition coefficient (Wildman–Crippen LogP) is 5.63. The zero-order valence-electron chi connectivity index (χ0n) is 18.7.